The lowest BCUT2D eigenvalue weighted by Gasteiger charge is -2.22. The molecule has 2 heterocycles. The van der Waals surface area contributed by atoms with Gasteiger partial charge in [0, 0.05) is 25.0 Å². The molecular weight excluding hydrogens is 376 g/mol. The summed E-state index contributed by atoms with van der Waals surface area (Å²) < 4.78 is 1.66. The number of nitrogens with one attached hydrogen (secondary N) is 1. The van der Waals surface area contributed by atoms with Crippen LogP contribution in [-0.2, 0) is 17.8 Å². The monoisotopic (exact) mass is 400 g/mol. The van der Waals surface area contributed by atoms with Crippen LogP contribution in [0.2, 0.25) is 0 Å². The third kappa shape index (κ3) is 4.30. The minimum Gasteiger partial charge on any atom is -0.369 e. The average Bonchev–Trinajstić information content (AvgIpc) is 3.11. The maximum atomic E-state index is 12.7. The lowest BCUT2D eigenvalue weighted by atomic mass is 10.2. The number of hydrogen-bond acceptors (Lipinski definition) is 5. The zero-order valence-corrected chi connectivity index (χ0v) is 17.3. The molecular formula is C23H24N6O. The average molecular weight is 400 g/mol. The number of rotatable bonds is 6. The highest BCUT2D eigenvalue weighted by Gasteiger charge is 2.14. The fourth-order valence-electron chi connectivity index (χ4n) is 3.48. The molecule has 0 fully saturated rings. The topological polar surface area (TPSA) is 75.4 Å². The Bertz CT molecular complexity index is 1190. The van der Waals surface area contributed by atoms with Crippen molar-refractivity contribution in [1.82, 2.24) is 19.6 Å². The Morgan fingerprint density at radius 1 is 1.03 bits per heavy atom. The summed E-state index contributed by atoms with van der Waals surface area (Å²) in [7, 11) is 2.01. The standard InChI is InChI=1S/C23H24N6O/c1-16-13-17(2)29-23(24-16)26-21(27-29)14-22(30)25-19-11-7-8-12-20(19)28(3)15-18-9-5-4-6-10-18/h4-13H,14-15H2,1-3H3,(H,25,30). The van der Waals surface area contributed by atoms with Crippen LogP contribution < -0.4 is 10.2 Å². The van der Waals surface area contributed by atoms with E-state index in [0.29, 0.717) is 11.6 Å². The van der Waals surface area contributed by atoms with Gasteiger partial charge in [-0.2, -0.15) is 4.98 Å². The number of nitrogens with zero attached hydrogens (tertiary/aromatic N) is 5. The van der Waals surface area contributed by atoms with Crippen LogP contribution in [0, 0.1) is 13.8 Å². The van der Waals surface area contributed by atoms with Crippen molar-refractivity contribution >= 4 is 23.1 Å². The van der Waals surface area contributed by atoms with Crippen LogP contribution in [0.4, 0.5) is 11.4 Å². The van der Waals surface area contributed by atoms with Gasteiger partial charge >= 0.3 is 0 Å². The zero-order valence-electron chi connectivity index (χ0n) is 17.3. The van der Waals surface area contributed by atoms with Crippen molar-refractivity contribution in [3.63, 3.8) is 0 Å². The molecule has 0 bridgehead atoms. The number of aryl methyl sites for hydroxylation is 2. The Morgan fingerprint density at radius 3 is 2.57 bits per heavy atom. The Hall–Kier alpha value is -3.74. The summed E-state index contributed by atoms with van der Waals surface area (Å²) >= 11 is 0. The number of para-hydroxylation sites is 2. The van der Waals surface area contributed by atoms with Crippen LogP contribution in [0.15, 0.2) is 60.7 Å². The van der Waals surface area contributed by atoms with Gasteiger partial charge in [-0.25, -0.2) is 9.50 Å². The van der Waals surface area contributed by atoms with Crippen molar-refractivity contribution in [1.29, 1.82) is 0 Å². The first-order chi connectivity index (χ1) is 14.5. The van der Waals surface area contributed by atoms with Crippen molar-refractivity contribution in [2.45, 2.75) is 26.8 Å². The highest BCUT2D eigenvalue weighted by molar-refractivity contribution is 5.95. The van der Waals surface area contributed by atoms with E-state index in [1.54, 1.807) is 4.52 Å². The second kappa shape index (κ2) is 8.32. The van der Waals surface area contributed by atoms with Crippen LogP contribution in [0.3, 0.4) is 0 Å². The van der Waals surface area contributed by atoms with E-state index < -0.39 is 0 Å². The van der Waals surface area contributed by atoms with Gasteiger partial charge < -0.3 is 10.2 Å². The SMILES string of the molecule is Cc1cc(C)n2nc(CC(=O)Nc3ccccc3N(C)Cc3ccccc3)nc2n1. The van der Waals surface area contributed by atoms with Gasteiger partial charge in [0.2, 0.25) is 5.91 Å². The van der Waals surface area contributed by atoms with Crippen molar-refractivity contribution in [3.05, 3.63) is 83.4 Å². The molecule has 0 aliphatic carbocycles. The summed E-state index contributed by atoms with van der Waals surface area (Å²) in [6, 6.07) is 19.9. The molecule has 0 radical (unpaired) electrons. The maximum absolute atomic E-state index is 12.7. The summed E-state index contributed by atoms with van der Waals surface area (Å²) in [6.45, 7) is 4.60. The molecule has 4 rings (SSSR count). The van der Waals surface area contributed by atoms with Crippen LogP contribution in [0.5, 0.6) is 0 Å². The van der Waals surface area contributed by atoms with E-state index in [4.69, 9.17) is 0 Å². The zero-order chi connectivity index (χ0) is 21.1. The van der Waals surface area contributed by atoms with Gasteiger partial charge in [0.1, 0.15) is 0 Å². The lowest BCUT2D eigenvalue weighted by Crippen LogP contribution is -2.21. The van der Waals surface area contributed by atoms with Crippen LogP contribution in [0.1, 0.15) is 22.8 Å². The molecule has 4 aromatic rings. The van der Waals surface area contributed by atoms with E-state index >= 15 is 0 Å². The van der Waals surface area contributed by atoms with Crippen molar-refractivity contribution in [3.8, 4) is 0 Å². The summed E-state index contributed by atoms with van der Waals surface area (Å²) in [4.78, 5) is 23.6. The van der Waals surface area contributed by atoms with E-state index in [1.165, 1.54) is 5.56 Å². The Morgan fingerprint density at radius 2 is 1.77 bits per heavy atom. The van der Waals surface area contributed by atoms with Gasteiger partial charge in [0.15, 0.2) is 5.82 Å². The second-order valence-corrected chi connectivity index (χ2v) is 7.36. The predicted molar refractivity (Wildman–Crippen MR) is 118 cm³/mol. The lowest BCUT2D eigenvalue weighted by molar-refractivity contribution is -0.115. The first-order valence-electron chi connectivity index (χ1n) is 9.83. The van der Waals surface area contributed by atoms with E-state index in [-0.39, 0.29) is 12.3 Å². The molecule has 0 spiro atoms. The molecule has 2 aromatic carbocycles. The predicted octanol–water partition coefficient (Wildman–Crippen LogP) is 3.56. The molecule has 2 aromatic heterocycles. The summed E-state index contributed by atoms with van der Waals surface area (Å²) in [5.74, 6) is 0.794. The molecule has 30 heavy (non-hydrogen) atoms. The number of benzene rings is 2. The molecule has 0 aliphatic rings. The van der Waals surface area contributed by atoms with Crippen LogP contribution >= 0.6 is 0 Å². The van der Waals surface area contributed by atoms with Gasteiger partial charge in [-0.3, -0.25) is 4.79 Å². The molecule has 0 saturated carbocycles. The van der Waals surface area contributed by atoms with Gasteiger partial charge in [0.05, 0.1) is 17.8 Å². The Kier molecular flexibility index (Phi) is 5.43. The van der Waals surface area contributed by atoms with Gasteiger partial charge in [0.25, 0.3) is 5.78 Å². The summed E-state index contributed by atoms with van der Waals surface area (Å²) in [5, 5.41) is 7.43. The van der Waals surface area contributed by atoms with E-state index in [2.05, 4.69) is 37.4 Å². The van der Waals surface area contributed by atoms with Gasteiger partial charge in [-0.15, -0.1) is 5.10 Å². The van der Waals surface area contributed by atoms with Gasteiger partial charge in [-0.05, 0) is 37.6 Å². The number of fused-ring (bicyclic) bond motifs is 1. The number of aromatic nitrogens is 4. The quantitative estimate of drug-likeness (QED) is 0.536. The maximum Gasteiger partial charge on any atom is 0.252 e. The highest BCUT2D eigenvalue weighted by Crippen LogP contribution is 2.26. The molecule has 0 aliphatic heterocycles. The first kappa shape index (κ1) is 19.6. The fourth-order valence-corrected chi connectivity index (χ4v) is 3.48. The molecule has 1 N–H and O–H groups in total. The van der Waals surface area contributed by atoms with Crippen molar-refractivity contribution in [2.24, 2.45) is 0 Å². The Balaban J connectivity index is 1.49. The molecule has 152 valence electrons. The van der Waals surface area contributed by atoms with E-state index in [9.17, 15) is 4.79 Å². The number of anilines is 2. The summed E-state index contributed by atoms with van der Waals surface area (Å²) in [5.41, 5.74) is 4.72. The summed E-state index contributed by atoms with van der Waals surface area (Å²) in [6.07, 6.45) is 0.0819. The molecule has 0 atom stereocenters. The molecule has 7 heteroatoms. The minimum atomic E-state index is -0.166. The normalized spacial score (nSPS) is 10.9. The third-order valence-corrected chi connectivity index (χ3v) is 4.83. The highest BCUT2D eigenvalue weighted by atomic mass is 16.1. The third-order valence-electron chi connectivity index (χ3n) is 4.83. The molecule has 0 unspecified atom stereocenters. The number of hydrogen-bond donors (Lipinski definition) is 1. The van der Waals surface area contributed by atoms with Crippen LogP contribution in [0.25, 0.3) is 5.78 Å². The van der Waals surface area contributed by atoms with Gasteiger partial charge in [-0.1, -0.05) is 42.5 Å². The minimum absolute atomic E-state index is 0.0819. The molecule has 7 nitrogen and oxygen atoms in total. The Labute approximate surface area is 175 Å². The van der Waals surface area contributed by atoms with Crippen LogP contribution in [-0.4, -0.2) is 32.5 Å². The number of carbonyl (C=O) groups excluding carboxylic acids is 1. The van der Waals surface area contributed by atoms with Crippen molar-refractivity contribution < 1.29 is 4.79 Å². The fraction of sp³-hybridized carbons (Fsp3) is 0.217. The largest absolute Gasteiger partial charge is 0.369 e. The number of carbonyl (C=O) groups is 1. The van der Waals surface area contributed by atoms with E-state index in [0.717, 1.165) is 29.3 Å². The smallest absolute Gasteiger partial charge is 0.252 e. The molecule has 0 saturated heterocycles. The number of amides is 1. The second-order valence-electron chi connectivity index (χ2n) is 7.36. The molecule has 1 amide bonds. The first-order valence-corrected chi connectivity index (χ1v) is 9.83. The van der Waals surface area contributed by atoms with E-state index in [1.807, 2.05) is 69.4 Å². The van der Waals surface area contributed by atoms with Crippen molar-refractivity contribution in [2.75, 3.05) is 17.3 Å².